The second-order valence-corrected chi connectivity index (χ2v) is 5.58. The van der Waals surface area contributed by atoms with Crippen LogP contribution >= 0.6 is 0 Å². The zero-order chi connectivity index (χ0) is 12.5. The van der Waals surface area contributed by atoms with Crippen molar-refractivity contribution in [2.24, 2.45) is 5.92 Å². The van der Waals surface area contributed by atoms with Crippen LogP contribution < -0.4 is 5.32 Å². The highest BCUT2D eigenvalue weighted by Crippen LogP contribution is 2.44. The van der Waals surface area contributed by atoms with Crippen molar-refractivity contribution in [3.05, 3.63) is 35.1 Å². The van der Waals surface area contributed by atoms with E-state index in [2.05, 4.69) is 16.3 Å². The standard InChI is InChI=1S/C15H21FN2/c1-11-2-3-13(10-14(11)16)15(12-4-5-12)18-8-6-17-7-9-18/h2-3,10,12,15,17H,4-9H2,1H3/t15-/m0/s1. The van der Waals surface area contributed by atoms with Crippen LogP contribution in [0.15, 0.2) is 18.2 Å². The van der Waals surface area contributed by atoms with E-state index in [9.17, 15) is 4.39 Å². The molecule has 2 nitrogen and oxygen atoms in total. The summed E-state index contributed by atoms with van der Waals surface area (Å²) >= 11 is 0. The zero-order valence-corrected chi connectivity index (χ0v) is 11.0. The van der Waals surface area contributed by atoms with Crippen LogP contribution in [0.5, 0.6) is 0 Å². The van der Waals surface area contributed by atoms with Crippen molar-refractivity contribution in [2.75, 3.05) is 26.2 Å². The SMILES string of the molecule is Cc1ccc([C@H](C2CC2)N2CCNCC2)cc1F. The average molecular weight is 248 g/mol. The minimum Gasteiger partial charge on any atom is -0.314 e. The number of hydrogen-bond acceptors (Lipinski definition) is 2. The number of nitrogens with one attached hydrogen (secondary N) is 1. The Kier molecular flexibility index (Phi) is 3.35. The third kappa shape index (κ3) is 2.43. The number of benzene rings is 1. The molecular formula is C15H21FN2. The molecule has 2 aliphatic rings. The highest BCUT2D eigenvalue weighted by Gasteiger charge is 2.36. The van der Waals surface area contributed by atoms with Gasteiger partial charge in [-0.1, -0.05) is 12.1 Å². The molecule has 1 atom stereocenters. The molecule has 2 fully saturated rings. The molecule has 1 saturated carbocycles. The van der Waals surface area contributed by atoms with Gasteiger partial charge in [-0.2, -0.15) is 0 Å². The van der Waals surface area contributed by atoms with Crippen LogP contribution in [0, 0.1) is 18.7 Å². The first-order valence-electron chi connectivity index (χ1n) is 6.96. The molecule has 0 spiro atoms. The van der Waals surface area contributed by atoms with E-state index in [1.165, 1.54) is 18.4 Å². The maximum Gasteiger partial charge on any atom is 0.126 e. The molecule has 98 valence electrons. The Morgan fingerprint density at radius 3 is 2.61 bits per heavy atom. The zero-order valence-electron chi connectivity index (χ0n) is 11.0. The van der Waals surface area contributed by atoms with E-state index in [-0.39, 0.29) is 5.82 Å². The summed E-state index contributed by atoms with van der Waals surface area (Å²) in [5, 5.41) is 3.39. The van der Waals surface area contributed by atoms with Crippen LogP contribution in [0.25, 0.3) is 0 Å². The first-order valence-corrected chi connectivity index (χ1v) is 6.96. The van der Waals surface area contributed by atoms with E-state index < -0.39 is 0 Å². The Balaban J connectivity index is 1.85. The number of rotatable bonds is 3. The van der Waals surface area contributed by atoms with Gasteiger partial charge in [0.25, 0.3) is 0 Å². The highest BCUT2D eigenvalue weighted by atomic mass is 19.1. The molecule has 1 aliphatic heterocycles. The summed E-state index contributed by atoms with van der Waals surface area (Å²) in [6, 6.07) is 6.22. The maximum atomic E-state index is 13.8. The molecule has 0 bridgehead atoms. The first-order chi connectivity index (χ1) is 8.75. The Morgan fingerprint density at radius 1 is 1.28 bits per heavy atom. The molecule has 0 aromatic heterocycles. The minimum absolute atomic E-state index is 0.0618. The fourth-order valence-corrected chi connectivity index (χ4v) is 2.95. The van der Waals surface area contributed by atoms with Crippen LogP contribution in [0.3, 0.4) is 0 Å². The molecule has 1 aromatic rings. The van der Waals surface area contributed by atoms with Gasteiger partial charge in [0.1, 0.15) is 5.82 Å². The number of hydrogen-bond donors (Lipinski definition) is 1. The predicted octanol–water partition coefficient (Wildman–Crippen LogP) is 2.49. The van der Waals surface area contributed by atoms with Crippen LogP contribution in [0.4, 0.5) is 4.39 Å². The van der Waals surface area contributed by atoms with Gasteiger partial charge >= 0.3 is 0 Å². The molecule has 3 rings (SSSR count). The van der Waals surface area contributed by atoms with Crippen LogP contribution in [-0.2, 0) is 0 Å². The van der Waals surface area contributed by atoms with Gasteiger partial charge in [-0.3, -0.25) is 4.90 Å². The summed E-state index contributed by atoms with van der Waals surface area (Å²) < 4.78 is 13.8. The van der Waals surface area contributed by atoms with Crippen molar-refractivity contribution in [3.8, 4) is 0 Å². The van der Waals surface area contributed by atoms with Crippen molar-refractivity contribution in [1.82, 2.24) is 10.2 Å². The van der Waals surface area contributed by atoms with Crippen molar-refractivity contribution < 1.29 is 4.39 Å². The topological polar surface area (TPSA) is 15.3 Å². The van der Waals surface area contributed by atoms with E-state index in [1.807, 2.05) is 13.0 Å². The molecule has 18 heavy (non-hydrogen) atoms. The largest absolute Gasteiger partial charge is 0.314 e. The summed E-state index contributed by atoms with van der Waals surface area (Å²) in [7, 11) is 0. The van der Waals surface area contributed by atoms with E-state index in [4.69, 9.17) is 0 Å². The lowest BCUT2D eigenvalue weighted by molar-refractivity contribution is 0.156. The molecule has 1 aromatic carbocycles. The smallest absolute Gasteiger partial charge is 0.126 e. The molecular weight excluding hydrogens is 227 g/mol. The van der Waals surface area contributed by atoms with Gasteiger partial charge < -0.3 is 5.32 Å². The Morgan fingerprint density at radius 2 is 2.00 bits per heavy atom. The number of halogens is 1. The first kappa shape index (κ1) is 12.1. The van der Waals surface area contributed by atoms with Crippen LogP contribution in [-0.4, -0.2) is 31.1 Å². The number of nitrogens with zero attached hydrogens (tertiary/aromatic N) is 1. The monoisotopic (exact) mass is 248 g/mol. The molecule has 1 N–H and O–H groups in total. The third-order valence-corrected chi connectivity index (χ3v) is 4.15. The van der Waals surface area contributed by atoms with Gasteiger partial charge in [0, 0.05) is 32.2 Å². The van der Waals surface area contributed by atoms with E-state index in [0.29, 0.717) is 6.04 Å². The summed E-state index contributed by atoms with van der Waals surface area (Å²) in [5.41, 5.74) is 1.91. The van der Waals surface area contributed by atoms with Crippen LogP contribution in [0.2, 0.25) is 0 Å². The Bertz CT molecular complexity index is 423. The van der Waals surface area contributed by atoms with Crippen molar-refractivity contribution in [2.45, 2.75) is 25.8 Å². The second-order valence-electron chi connectivity index (χ2n) is 5.58. The number of aryl methyl sites for hydroxylation is 1. The third-order valence-electron chi connectivity index (χ3n) is 4.15. The van der Waals surface area contributed by atoms with Gasteiger partial charge in [-0.25, -0.2) is 4.39 Å². The quantitative estimate of drug-likeness (QED) is 0.884. The number of piperazine rings is 1. The molecule has 1 saturated heterocycles. The second kappa shape index (κ2) is 4.98. The predicted molar refractivity (Wildman–Crippen MR) is 71.0 cm³/mol. The van der Waals surface area contributed by atoms with Gasteiger partial charge in [0.2, 0.25) is 0 Å². The van der Waals surface area contributed by atoms with Gasteiger partial charge in [0.15, 0.2) is 0 Å². The van der Waals surface area contributed by atoms with Crippen molar-refractivity contribution in [1.29, 1.82) is 0 Å². The Hall–Kier alpha value is -0.930. The summed E-state index contributed by atoms with van der Waals surface area (Å²) in [6.07, 6.45) is 2.59. The highest BCUT2D eigenvalue weighted by molar-refractivity contribution is 5.27. The van der Waals surface area contributed by atoms with E-state index in [0.717, 1.165) is 37.7 Å². The molecule has 0 radical (unpaired) electrons. The van der Waals surface area contributed by atoms with E-state index in [1.54, 1.807) is 6.07 Å². The molecule has 1 aliphatic carbocycles. The van der Waals surface area contributed by atoms with Crippen LogP contribution in [0.1, 0.15) is 30.0 Å². The molecule has 1 heterocycles. The summed E-state index contributed by atoms with van der Waals surface area (Å²) in [6.45, 7) is 6.10. The lowest BCUT2D eigenvalue weighted by atomic mass is 9.98. The fourth-order valence-electron chi connectivity index (χ4n) is 2.95. The fraction of sp³-hybridized carbons (Fsp3) is 0.600. The van der Waals surface area contributed by atoms with Crippen molar-refractivity contribution in [3.63, 3.8) is 0 Å². The van der Waals surface area contributed by atoms with Gasteiger partial charge in [0.05, 0.1) is 0 Å². The molecule has 0 unspecified atom stereocenters. The van der Waals surface area contributed by atoms with Crippen molar-refractivity contribution >= 4 is 0 Å². The molecule has 0 amide bonds. The summed E-state index contributed by atoms with van der Waals surface area (Å²) in [5.74, 6) is 0.679. The van der Waals surface area contributed by atoms with Gasteiger partial charge in [-0.05, 0) is 42.9 Å². The Labute approximate surface area is 108 Å². The molecule has 3 heteroatoms. The average Bonchev–Trinajstić information content (AvgIpc) is 3.20. The lowest BCUT2D eigenvalue weighted by Gasteiger charge is -2.35. The minimum atomic E-state index is -0.0618. The normalized spacial score (nSPS) is 23.0. The lowest BCUT2D eigenvalue weighted by Crippen LogP contribution is -2.45. The van der Waals surface area contributed by atoms with E-state index >= 15 is 0 Å². The summed E-state index contributed by atoms with van der Waals surface area (Å²) in [4.78, 5) is 2.53. The van der Waals surface area contributed by atoms with Gasteiger partial charge in [-0.15, -0.1) is 0 Å². The maximum absolute atomic E-state index is 13.8.